The number of ether oxygens (including phenoxy) is 1. The van der Waals surface area contributed by atoms with E-state index in [2.05, 4.69) is 9.72 Å². The predicted octanol–water partition coefficient (Wildman–Crippen LogP) is 6.39. The Morgan fingerprint density at radius 2 is 1.56 bits per heavy atom. The summed E-state index contributed by atoms with van der Waals surface area (Å²) in [4.78, 5) is 2.99. The molecule has 0 saturated heterocycles. The van der Waals surface area contributed by atoms with Gasteiger partial charge in [-0.05, 0) is 70.6 Å². The molecular weight excluding hydrogens is 639 g/mol. The van der Waals surface area contributed by atoms with Gasteiger partial charge in [-0.3, -0.25) is 9.29 Å². The molecule has 0 saturated carbocycles. The molecule has 0 amide bonds. The fraction of sp³-hybridized carbons (Fsp3) is 0.190. The highest BCUT2D eigenvalue weighted by Gasteiger charge is 2.75. The van der Waals surface area contributed by atoms with E-state index in [-0.39, 0.29) is 0 Å². The number of benzene rings is 2. The van der Waals surface area contributed by atoms with E-state index in [1.807, 2.05) is 0 Å². The van der Waals surface area contributed by atoms with Crippen molar-refractivity contribution < 1.29 is 48.3 Å². The van der Waals surface area contributed by atoms with Crippen molar-refractivity contribution in [2.24, 2.45) is 0 Å². The highest BCUT2D eigenvalue weighted by molar-refractivity contribution is 14.1. The molecule has 36 heavy (non-hydrogen) atoms. The number of hydrogen-bond acceptors (Lipinski definition) is 4. The molecule has 0 spiro atoms. The Bertz CT molecular complexity index is 1340. The average Bonchev–Trinajstić information content (AvgIpc) is 2.78. The molecule has 1 aromatic heterocycles. The number of anilines is 1. The quantitative estimate of drug-likeness (QED) is 0.209. The highest BCUT2D eigenvalue weighted by atomic mass is 127. The van der Waals surface area contributed by atoms with Crippen molar-refractivity contribution in [2.45, 2.75) is 29.6 Å². The summed E-state index contributed by atoms with van der Waals surface area (Å²) in [6, 6.07) is 9.06. The van der Waals surface area contributed by atoms with E-state index >= 15 is 0 Å². The molecule has 15 heteroatoms. The molecule has 0 N–H and O–H groups in total. The third-order valence-corrected chi connectivity index (χ3v) is 7.07. The first-order chi connectivity index (χ1) is 16.6. The van der Waals surface area contributed by atoms with Gasteiger partial charge in [0.1, 0.15) is 16.5 Å². The second-order valence-corrected chi connectivity index (χ2v) is 10.2. The van der Waals surface area contributed by atoms with Crippen LogP contribution in [0.5, 0.6) is 5.75 Å². The SMILES string of the molecule is O=S(=O)(c1cc(I)ccc1F)N(Cc1ccncc1)c1cccc(OC(F)(F)C(F)(F)C(F)(F)F)c1. The van der Waals surface area contributed by atoms with Crippen molar-refractivity contribution in [1.82, 2.24) is 4.98 Å². The van der Waals surface area contributed by atoms with Gasteiger partial charge in [0.25, 0.3) is 10.0 Å². The summed E-state index contributed by atoms with van der Waals surface area (Å²) in [6.07, 6.45) is -10.0. The van der Waals surface area contributed by atoms with Crippen LogP contribution in [-0.4, -0.2) is 31.6 Å². The summed E-state index contributed by atoms with van der Waals surface area (Å²) in [5.41, 5.74) is -0.173. The van der Waals surface area contributed by atoms with Gasteiger partial charge in [-0.1, -0.05) is 6.07 Å². The van der Waals surface area contributed by atoms with Gasteiger partial charge in [0.2, 0.25) is 0 Å². The van der Waals surface area contributed by atoms with Crippen molar-refractivity contribution in [3.63, 3.8) is 0 Å². The van der Waals surface area contributed by atoms with Crippen molar-refractivity contribution in [1.29, 1.82) is 0 Å². The van der Waals surface area contributed by atoms with Crippen LogP contribution in [0.2, 0.25) is 0 Å². The molecule has 0 unspecified atom stereocenters. The van der Waals surface area contributed by atoms with Crippen molar-refractivity contribution >= 4 is 38.3 Å². The summed E-state index contributed by atoms with van der Waals surface area (Å²) in [6.45, 7) is -0.506. The van der Waals surface area contributed by atoms with Gasteiger partial charge in [0.05, 0.1) is 12.2 Å². The van der Waals surface area contributed by atoms with Crippen LogP contribution < -0.4 is 9.04 Å². The molecule has 3 rings (SSSR count). The van der Waals surface area contributed by atoms with Crippen LogP contribution in [-0.2, 0) is 16.6 Å². The van der Waals surface area contributed by atoms with E-state index in [1.165, 1.54) is 30.6 Å². The third-order valence-electron chi connectivity index (χ3n) is 4.61. The molecule has 0 fully saturated rings. The van der Waals surface area contributed by atoms with Crippen LogP contribution in [0, 0.1) is 9.39 Å². The lowest BCUT2D eigenvalue weighted by molar-refractivity contribution is -0.402. The Morgan fingerprint density at radius 1 is 0.917 bits per heavy atom. The minimum Gasteiger partial charge on any atom is -0.428 e. The topological polar surface area (TPSA) is 59.5 Å². The number of rotatable bonds is 8. The lowest BCUT2D eigenvalue weighted by Crippen LogP contribution is -2.55. The molecule has 0 radical (unpaired) electrons. The van der Waals surface area contributed by atoms with Crippen molar-refractivity contribution in [3.8, 4) is 5.75 Å². The number of hydrogen-bond donors (Lipinski definition) is 0. The van der Waals surface area contributed by atoms with Crippen LogP contribution in [0.25, 0.3) is 0 Å². The van der Waals surface area contributed by atoms with Gasteiger partial charge in [-0.15, -0.1) is 0 Å². The summed E-state index contributed by atoms with van der Waals surface area (Å²) in [7, 11) is -4.76. The van der Waals surface area contributed by atoms with Crippen LogP contribution in [0.3, 0.4) is 0 Å². The first-order valence-corrected chi connectivity index (χ1v) is 12.1. The Morgan fingerprint density at radius 3 is 2.17 bits per heavy atom. The second kappa shape index (κ2) is 9.99. The Labute approximate surface area is 212 Å². The van der Waals surface area contributed by atoms with Gasteiger partial charge in [0.15, 0.2) is 0 Å². The maximum absolute atomic E-state index is 14.5. The summed E-state index contributed by atoms with van der Waals surface area (Å²) in [5.74, 6) is -8.89. The second-order valence-electron chi connectivity index (χ2n) is 7.13. The van der Waals surface area contributed by atoms with Crippen LogP contribution in [0.1, 0.15) is 5.56 Å². The van der Waals surface area contributed by atoms with Crippen molar-refractivity contribution in [2.75, 3.05) is 4.31 Å². The molecule has 194 valence electrons. The zero-order valence-electron chi connectivity index (χ0n) is 17.5. The standard InChI is InChI=1S/C21H13F8IN2O3S/c22-17-5-4-14(30)10-18(17)36(33,34)32(12-13-6-8-31-9-7-13)15-2-1-3-16(11-15)35-21(28,29)19(23,24)20(25,26)27/h1-11H,12H2. The summed E-state index contributed by atoms with van der Waals surface area (Å²) < 4.78 is 137. The first-order valence-electron chi connectivity index (χ1n) is 9.54. The van der Waals surface area contributed by atoms with Crippen molar-refractivity contribution in [3.05, 3.63) is 81.9 Å². The minimum atomic E-state index is -6.63. The number of sulfonamides is 1. The van der Waals surface area contributed by atoms with E-state index < -0.39 is 56.9 Å². The van der Waals surface area contributed by atoms with Crippen LogP contribution in [0.4, 0.5) is 40.8 Å². The van der Waals surface area contributed by atoms with E-state index in [9.17, 15) is 43.5 Å². The fourth-order valence-electron chi connectivity index (χ4n) is 2.84. The molecule has 2 aromatic carbocycles. The third kappa shape index (κ3) is 5.66. The largest absolute Gasteiger partial charge is 0.474 e. The molecule has 5 nitrogen and oxygen atoms in total. The van der Waals surface area contributed by atoms with Gasteiger partial charge >= 0.3 is 18.2 Å². The highest BCUT2D eigenvalue weighted by Crippen LogP contribution is 2.47. The average molecular weight is 652 g/mol. The molecule has 1 heterocycles. The first kappa shape index (κ1) is 27.9. The predicted molar refractivity (Wildman–Crippen MR) is 120 cm³/mol. The lowest BCUT2D eigenvalue weighted by Gasteiger charge is -2.29. The normalized spacial score (nSPS) is 12.9. The Kier molecular flexibility index (Phi) is 7.74. The van der Waals surface area contributed by atoms with Crippen LogP contribution >= 0.6 is 22.6 Å². The molecule has 0 bridgehead atoms. The lowest BCUT2D eigenvalue weighted by atomic mass is 10.2. The van der Waals surface area contributed by atoms with E-state index in [1.54, 1.807) is 22.6 Å². The monoisotopic (exact) mass is 652 g/mol. The number of alkyl halides is 7. The van der Waals surface area contributed by atoms with Gasteiger partial charge in [-0.2, -0.15) is 30.7 Å². The summed E-state index contributed by atoms with van der Waals surface area (Å²) in [5, 5.41) is 0. The van der Waals surface area contributed by atoms with E-state index in [4.69, 9.17) is 0 Å². The fourth-order valence-corrected chi connectivity index (χ4v) is 5.08. The Balaban J connectivity index is 2.09. The molecule has 0 aliphatic heterocycles. The smallest absolute Gasteiger partial charge is 0.428 e. The minimum absolute atomic E-state index is 0.305. The molecule has 0 atom stereocenters. The maximum atomic E-state index is 14.5. The van der Waals surface area contributed by atoms with Gasteiger partial charge < -0.3 is 4.74 Å². The molecule has 0 aliphatic carbocycles. The molecular formula is C21H13F8IN2O3S. The number of nitrogens with zero attached hydrogens (tertiary/aromatic N) is 2. The molecule has 3 aromatic rings. The molecule has 0 aliphatic rings. The van der Waals surface area contributed by atoms with Crippen LogP contribution in [0.15, 0.2) is 71.9 Å². The van der Waals surface area contributed by atoms with E-state index in [0.29, 0.717) is 25.6 Å². The zero-order valence-corrected chi connectivity index (χ0v) is 20.5. The number of pyridine rings is 1. The number of halogens is 9. The van der Waals surface area contributed by atoms with Gasteiger partial charge in [0, 0.05) is 22.0 Å². The van der Waals surface area contributed by atoms with Gasteiger partial charge in [-0.25, -0.2) is 12.8 Å². The summed E-state index contributed by atoms with van der Waals surface area (Å²) >= 11 is 1.73. The maximum Gasteiger partial charge on any atom is 0.474 e. The zero-order chi connectivity index (χ0) is 26.9. The number of aromatic nitrogens is 1. The Hall–Kier alpha value is -2.69. The van der Waals surface area contributed by atoms with E-state index in [0.717, 1.165) is 24.3 Å².